The van der Waals surface area contributed by atoms with Gasteiger partial charge in [-0.15, -0.1) is 11.8 Å². The minimum absolute atomic E-state index is 0.0273. The molecule has 0 aliphatic heterocycles. The Hall–Kier alpha value is -0.380. The van der Waals surface area contributed by atoms with Gasteiger partial charge in [-0.3, -0.25) is 4.79 Å². The van der Waals surface area contributed by atoms with Crippen molar-refractivity contribution < 1.29 is 4.79 Å². The maximum absolute atomic E-state index is 11.5. The normalized spacial score (nSPS) is 10.3. The van der Waals surface area contributed by atoms with E-state index in [9.17, 15) is 4.79 Å². The van der Waals surface area contributed by atoms with E-state index in [1.165, 1.54) is 11.8 Å². The second kappa shape index (κ2) is 7.85. The SMILES string of the molecule is CCCCNC(=O)CSc1cc(Cl)ccc1Cl. The molecule has 0 spiro atoms. The van der Waals surface area contributed by atoms with Crippen LogP contribution >= 0.6 is 35.0 Å². The average Bonchev–Trinajstić information content (AvgIpc) is 2.31. The molecule has 1 N–H and O–H groups in total. The Labute approximate surface area is 116 Å². The van der Waals surface area contributed by atoms with Crippen molar-refractivity contribution in [1.29, 1.82) is 0 Å². The number of unbranched alkanes of at least 4 members (excludes halogenated alkanes) is 1. The number of carbonyl (C=O) groups excluding carboxylic acids is 1. The Kier molecular flexibility index (Phi) is 6.78. The first-order chi connectivity index (χ1) is 8.13. The molecular weight excluding hydrogens is 277 g/mol. The minimum Gasteiger partial charge on any atom is -0.355 e. The zero-order valence-corrected chi connectivity index (χ0v) is 12.0. The van der Waals surface area contributed by atoms with Crippen LogP contribution in [0.5, 0.6) is 0 Å². The summed E-state index contributed by atoms with van der Waals surface area (Å²) in [6, 6.07) is 5.24. The molecule has 0 heterocycles. The minimum atomic E-state index is 0.0273. The van der Waals surface area contributed by atoms with Crippen LogP contribution in [0.3, 0.4) is 0 Å². The lowest BCUT2D eigenvalue weighted by Gasteiger charge is -2.06. The monoisotopic (exact) mass is 291 g/mol. The molecule has 0 aliphatic carbocycles. The van der Waals surface area contributed by atoms with Crippen LogP contribution in [-0.2, 0) is 4.79 Å². The number of hydrogen-bond donors (Lipinski definition) is 1. The molecule has 0 fully saturated rings. The fourth-order valence-corrected chi connectivity index (χ4v) is 2.51. The molecule has 1 aromatic rings. The van der Waals surface area contributed by atoms with Gasteiger partial charge >= 0.3 is 0 Å². The summed E-state index contributed by atoms with van der Waals surface area (Å²) in [4.78, 5) is 12.3. The molecule has 5 heteroatoms. The molecule has 0 saturated heterocycles. The van der Waals surface area contributed by atoms with Crippen molar-refractivity contribution in [3.05, 3.63) is 28.2 Å². The molecule has 2 nitrogen and oxygen atoms in total. The van der Waals surface area contributed by atoms with Gasteiger partial charge in [0.2, 0.25) is 5.91 Å². The zero-order valence-electron chi connectivity index (χ0n) is 9.63. The van der Waals surface area contributed by atoms with E-state index < -0.39 is 0 Å². The van der Waals surface area contributed by atoms with Gasteiger partial charge in [0.05, 0.1) is 10.8 Å². The highest BCUT2D eigenvalue weighted by Crippen LogP contribution is 2.29. The van der Waals surface area contributed by atoms with Gasteiger partial charge in [-0.2, -0.15) is 0 Å². The number of benzene rings is 1. The Morgan fingerprint density at radius 2 is 2.18 bits per heavy atom. The molecule has 0 radical (unpaired) electrons. The van der Waals surface area contributed by atoms with Gasteiger partial charge < -0.3 is 5.32 Å². The van der Waals surface area contributed by atoms with Crippen molar-refractivity contribution in [1.82, 2.24) is 5.32 Å². The van der Waals surface area contributed by atoms with Crippen LogP contribution in [0.2, 0.25) is 10.0 Å². The fourth-order valence-electron chi connectivity index (χ4n) is 1.19. The number of thioether (sulfide) groups is 1. The van der Waals surface area contributed by atoms with Crippen molar-refractivity contribution in [3.63, 3.8) is 0 Å². The van der Waals surface area contributed by atoms with E-state index in [4.69, 9.17) is 23.2 Å². The molecule has 0 aromatic heterocycles. The third-order valence-corrected chi connectivity index (χ3v) is 3.84. The highest BCUT2D eigenvalue weighted by Gasteiger charge is 2.06. The largest absolute Gasteiger partial charge is 0.355 e. The summed E-state index contributed by atoms with van der Waals surface area (Å²) in [5.74, 6) is 0.392. The van der Waals surface area contributed by atoms with Crippen LogP contribution in [0.4, 0.5) is 0 Å². The molecule has 1 rings (SSSR count). The van der Waals surface area contributed by atoms with Crippen molar-refractivity contribution >= 4 is 40.9 Å². The first-order valence-electron chi connectivity index (χ1n) is 5.48. The van der Waals surface area contributed by atoms with E-state index in [-0.39, 0.29) is 5.91 Å². The van der Waals surface area contributed by atoms with Gasteiger partial charge in [-0.05, 0) is 24.6 Å². The van der Waals surface area contributed by atoms with Crippen LogP contribution in [-0.4, -0.2) is 18.2 Å². The zero-order chi connectivity index (χ0) is 12.7. The van der Waals surface area contributed by atoms with Gasteiger partial charge in [0.25, 0.3) is 0 Å². The summed E-state index contributed by atoms with van der Waals surface area (Å²) >= 11 is 13.3. The molecule has 0 unspecified atom stereocenters. The molecule has 94 valence electrons. The lowest BCUT2D eigenvalue weighted by molar-refractivity contribution is -0.118. The number of halogens is 2. The van der Waals surface area contributed by atoms with Crippen LogP contribution < -0.4 is 5.32 Å². The predicted molar refractivity (Wildman–Crippen MR) is 75.1 cm³/mol. The molecule has 0 aliphatic rings. The molecule has 17 heavy (non-hydrogen) atoms. The quantitative estimate of drug-likeness (QED) is 0.634. The Morgan fingerprint density at radius 3 is 2.88 bits per heavy atom. The van der Waals surface area contributed by atoms with Crippen LogP contribution in [0.25, 0.3) is 0 Å². The summed E-state index contributed by atoms with van der Waals surface area (Å²) in [5, 5.41) is 4.11. The fraction of sp³-hybridized carbons (Fsp3) is 0.417. The van der Waals surface area contributed by atoms with Crippen molar-refractivity contribution in [2.24, 2.45) is 0 Å². The Morgan fingerprint density at radius 1 is 1.41 bits per heavy atom. The van der Waals surface area contributed by atoms with Gasteiger partial charge in [0, 0.05) is 16.5 Å². The summed E-state index contributed by atoms with van der Waals surface area (Å²) in [6.45, 7) is 2.83. The maximum atomic E-state index is 11.5. The third kappa shape index (κ3) is 5.66. The first-order valence-corrected chi connectivity index (χ1v) is 7.22. The van der Waals surface area contributed by atoms with Crippen LogP contribution in [0.15, 0.2) is 23.1 Å². The lowest BCUT2D eigenvalue weighted by Crippen LogP contribution is -2.25. The number of hydrogen-bond acceptors (Lipinski definition) is 2. The van der Waals surface area contributed by atoms with Gasteiger partial charge in [-0.25, -0.2) is 0 Å². The predicted octanol–water partition coefficient (Wildman–Crippen LogP) is 4.00. The summed E-state index contributed by atoms with van der Waals surface area (Å²) in [6.07, 6.45) is 2.09. The van der Waals surface area contributed by atoms with Crippen molar-refractivity contribution in [2.45, 2.75) is 24.7 Å². The second-order valence-electron chi connectivity index (χ2n) is 3.57. The average molecular weight is 292 g/mol. The summed E-state index contributed by atoms with van der Waals surface area (Å²) in [7, 11) is 0. The van der Waals surface area contributed by atoms with E-state index in [0.717, 1.165) is 24.3 Å². The maximum Gasteiger partial charge on any atom is 0.230 e. The van der Waals surface area contributed by atoms with Gasteiger partial charge in [-0.1, -0.05) is 36.5 Å². The van der Waals surface area contributed by atoms with E-state index in [0.29, 0.717) is 15.8 Å². The van der Waals surface area contributed by atoms with E-state index in [1.807, 2.05) is 0 Å². The molecule has 1 amide bonds. The Balaban J connectivity index is 2.39. The first kappa shape index (κ1) is 14.7. The smallest absolute Gasteiger partial charge is 0.230 e. The number of amides is 1. The highest BCUT2D eigenvalue weighted by molar-refractivity contribution is 8.00. The third-order valence-electron chi connectivity index (χ3n) is 2.10. The van der Waals surface area contributed by atoms with Crippen molar-refractivity contribution in [3.8, 4) is 0 Å². The van der Waals surface area contributed by atoms with Gasteiger partial charge in [0.1, 0.15) is 0 Å². The number of rotatable bonds is 6. The summed E-state index contributed by atoms with van der Waals surface area (Å²) in [5.41, 5.74) is 0. The van der Waals surface area contributed by atoms with Crippen molar-refractivity contribution in [2.75, 3.05) is 12.3 Å². The molecule has 0 saturated carbocycles. The van der Waals surface area contributed by atoms with Crippen LogP contribution in [0, 0.1) is 0 Å². The second-order valence-corrected chi connectivity index (χ2v) is 5.43. The van der Waals surface area contributed by atoms with E-state index >= 15 is 0 Å². The molecule has 1 aromatic carbocycles. The van der Waals surface area contributed by atoms with E-state index in [1.54, 1.807) is 18.2 Å². The number of nitrogens with one attached hydrogen (secondary N) is 1. The molecule has 0 atom stereocenters. The lowest BCUT2D eigenvalue weighted by atomic mass is 10.3. The van der Waals surface area contributed by atoms with E-state index in [2.05, 4.69) is 12.2 Å². The molecule has 0 bridgehead atoms. The van der Waals surface area contributed by atoms with Crippen LogP contribution in [0.1, 0.15) is 19.8 Å². The topological polar surface area (TPSA) is 29.1 Å². The van der Waals surface area contributed by atoms with Gasteiger partial charge in [0.15, 0.2) is 0 Å². The highest BCUT2D eigenvalue weighted by atomic mass is 35.5. The number of carbonyl (C=O) groups is 1. The standard InChI is InChI=1S/C12H15Cl2NOS/c1-2-3-6-15-12(16)8-17-11-7-9(13)4-5-10(11)14/h4-5,7H,2-3,6,8H2,1H3,(H,15,16). The Bertz CT molecular complexity index is 385. The summed E-state index contributed by atoms with van der Waals surface area (Å²) < 4.78 is 0. The molecular formula is C12H15Cl2NOS.